The van der Waals surface area contributed by atoms with E-state index in [9.17, 15) is 4.79 Å². The Balaban J connectivity index is 1.89. The summed E-state index contributed by atoms with van der Waals surface area (Å²) < 4.78 is 5.61. The fourth-order valence-electron chi connectivity index (χ4n) is 1.94. The molecule has 1 atom stereocenters. The van der Waals surface area contributed by atoms with Crippen LogP contribution in [-0.2, 0) is 4.74 Å². The largest absolute Gasteiger partial charge is 0.373 e. The van der Waals surface area contributed by atoms with Crippen LogP contribution < -0.4 is 5.32 Å². The molecule has 3 heteroatoms. The molecular weight excluding hydrogens is 202 g/mol. The van der Waals surface area contributed by atoms with Gasteiger partial charge in [0, 0.05) is 18.7 Å². The molecule has 1 aliphatic rings. The number of ether oxygens (including phenoxy) is 1. The Hall–Kier alpha value is -1.35. The third-order valence-electron chi connectivity index (χ3n) is 2.96. The average molecular weight is 219 g/mol. The molecule has 0 bridgehead atoms. The van der Waals surface area contributed by atoms with Gasteiger partial charge in [0.15, 0.2) is 0 Å². The molecule has 1 aromatic carbocycles. The maximum Gasteiger partial charge on any atom is 0.251 e. The Labute approximate surface area is 95.8 Å². The average Bonchev–Trinajstić information content (AvgIpc) is 2.75. The van der Waals surface area contributed by atoms with E-state index in [-0.39, 0.29) is 11.5 Å². The molecule has 1 amide bonds. The van der Waals surface area contributed by atoms with Gasteiger partial charge in [-0.25, -0.2) is 0 Å². The maximum absolute atomic E-state index is 11.8. The Morgan fingerprint density at radius 2 is 2.19 bits per heavy atom. The summed E-state index contributed by atoms with van der Waals surface area (Å²) in [4.78, 5) is 11.8. The van der Waals surface area contributed by atoms with Crippen molar-refractivity contribution in [3.8, 4) is 0 Å². The first-order valence-corrected chi connectivity index (χ1v) is 5.67. The van der Waals surface area contributed by atoms with Gasteiger partial charge >= 0.3 is 0 Å². The molecule has 3 nitrogen and oxygen atoms in total. The highest BCUT2D eigenvalue weighted by Crippen LogP contribution is 2.23. The van der Waals surface area contributed by atoms with Crippen LogP contribution in [0.5, 0.6) is 0 Å². The van der Waals surface area contributed by atoms with Crippen molar-refractivity contribution in [2.75, 3.05) is 13.2 Å². The minimum atomic E-state index is -0.176. The lowest BCUT2D eigenvalue weighted by molar-refractivity contribution is 0.0206. The van der Waals surface area contributed by atoms with E-state index in [1.165, 1.54) is 0 Å². The predicted octanol–water partition coefficient (Wildman–Crippen LogP) is 1.99. The van der Waals surface area contributed by atoms with Gasteiger partial charge in [0.25, 0.3) is 5.91 Å². The number of amides is 1. The summed E-state index contributed by atoms with van der Waals surface area (Å²) in [7, 11) is 0. The van der Waals surface area contributed by atoms with Crippen LogP contribution in [0.1, 0.15) is 30.1 Å². The molecule has 0 saturated carbocycles. The Morgan fingerprint density at radius 1 is 1.44 bits per heavy atom. The molecular formula is C13H17NO2. The fraction of sp³-hybridized carbons (Fsp3) is 0.462. The lowest BCUT2D eigenvalue weighted by Gasteiger charge is -2.23. The molecule has 1 N–H and O–H groups in total. The van der Waals surface area contributed by atoms with Crippen molar-refractivity contribution in [2.45, 2.75) is 25.4 Å². The van der Waals surface area contributed by atoms with Crippen LogP contribution in [0.2, 0.25) is 0 Å². The van der Waals surface area contributed by atoms with Crippen LogP contribution in [0.25, 0.3) is 0 Å². The summed E-state index contributed by atoms with van der Waals surface area (Å²) >= 11 is 0. The van der Waals surface area contributed by atoms with E-state index < -0.39 is 0 Å². The van der Waals surface area contributed by atoms with E-state index >= 15 is 0 Å². The topological polar surface area (TPSA) is 38.3 Å². The Kier molecular flexibility index (Phi) is 3.25. The molecule has 0 aromatic heterocycles. The molecule has 1 aromatic rings. The van der Waals surface area contributed by atoms with E-state index in [4.69, 9.17) is 4.74 Å². The van der Waals surface area contributed by atoms with Gasteiger partial charge < -0.3 is 10.1 Å². The SMILES string of the molecule is CC1(CNC(=O)c2ccccc2)CCCO1. The van der Waals surface area contributed by atoms with E-state index in [2.05, 4.69) is 5.32 Å². The summed E-state index contributed by atoms with van der Waals surface area (Å²) in [6, 6.07) is 9.25. The summed E-state index contributed by atoms with van der Waals surface area (Å²) in [5.41, 5.74) is 0.522. The smallest absolute Gasteiger partial charge is 0.251 e. The first-order chi connectivity index (χ1) is 7.70. The van der Waals surface area contributed by atoms with Gasteiger partial charge in [0.1, 0.15) is 0 Å². The lowest BCUT2D eigenvalue weighted by Crippen LogP contribution is -2.40. The molecule has 0 aliphatic carbocycles. The number of nitrogens with one attached hydrogen (secondary N) is 1. The van der Waals surface area contributed by atoms with E-state index in [1.54, 1.807) is 0 Å². The van der Waals surface area contributed by atoms with E-state index in [0.29, 0.717) is 12.1 Å². The van der Waals surface area contributed by atoms with Gasteiger partial charge in [-0.1, -0.05) is 18.2 Å². The predicted molar refractivity (Wildman–Crippen MR) is 62.4 cm³/mol. The highest BCUT2D eigenvalue weighted by atomic mass is 16.5. The third-order valence-corrected chi connectivity index (χ3v) is 2.96. The maximum atomic E-state index is 11.8. The van der Waals surface area contributed by atoms with Crippen molar-refractivity contribution in [3.63, 3.8) is 0 Å². The standard InChI is InChI=1S/C13H17NO2/c1-13(8-5-9-16-13)10-14-12(15)11-6-3-2-4-7-11/h2-4,6-7H,5,8-10H2,1H3,(H,14,15). The van der Waals surface area contributed by atoms with Crippen LogP contribution >= 0.6 is 0 Å². The normalized spacial score (nSPS) is 24.3. The minimum absolute atomic E-state index is 0.0303. The van der Waals surface area contributed by atoms with Crippen molar-refractivity contribution in [3.05, 3.63) is 35.9 Å². The number of benzene rings is 1. The fourth-order valence-corrected chi connectivity index (χ4v) is 1.94. The minimum Gasteiger partial charge on any atom is -0.373 e. The van der Waals surface area contributed by atoms with Crippen LogP contribution in [0.3, 0.4) is 0 Å². The van der Waals surface area contributed by atoms with Gasteiger partial charge in [-0.2, -0.15) is 0 Å². The summed E-state index contributed by atoms with van der Waals surface area (Å²) in [6.45, 7) is 3.43. The molecule has 0 radical (unpaired) electrons. The Bertz CT molecular complexity index is 355. The van der Waals surface area contributed by atoms with Gasteiger partial charge in [-0.05, 0) is 31.9 Å². The number of hydrogen-bond acceptors (Lipinski definition) is 2. The van der Waals surface area contributed by atoms with Crippen molar-refractivity contribution < 1.29 is 9.53 Å². The molecule has 16 heavy (non-hydrogen) atoms. The van der Waals surface area contributed by atoms with Crippen LogP contribution in [0.4, 0.5) is 0 Å². The molecule has 1 aliphatic heterocycles. The quantitative estimate of drug-likeness (QED) is 0.844. The molecule has 1 heterocycles. The lowest BCUT2D eigenvalue weighted by atomic mass is 10.0. The van der Waals surface area contributed by atoms with Crippen LogP contribution in [0, 0.1) is 0 Å². The van der Waals surface area contributed by atoms with Crippen LogP contribution in [-0.4, -0.2) is 24.7 Å². The molecule has 86 valence electrons. The van der Waals surface area contributed by atoms with Gasteiger partial charge in [-0.15, -0.1) is 0 Å². The number of hydrogen-bond donors (Lipinski definition) is 1. The van der Waals surface area contributed by atoms with Crippen molar-refractivity contribution in [1.82, 2.24) is 5.32 Å². The highest BCUT2D eigenvalue weighted by molar-refractivity contribution is 5.94. The second-order valence-electron chi connectivity index (χ2n) is 4.45. The highest BCUT2D eigenvalue weighted by Gasteiger charge is 2.29. The number of carbonyl (C=O) groups is 1. The molecule has 0 spiro atoms. The van der Waals surface area contributed by atoms with E-state index in [1.807, 2.05) is 37.3 Å². The monoisotopic (exact) mass is 219 g/mol. The van der Waals surface area contributed by atoms with Crippen molar-refractivity contribution in [2.24, 2.45) is 0 Å². The second kappa shape index (κ2) is 4.66. The van der Waals surface area contributed by atoms with Crippen molar-refractivity contribution >= 4 is 5.91 Å². The molecule has 1 saturated heterocycles. The first-order valence-electron chi connectivity index (χ1n) is 5.67. The number of rotatable bonds is 3. The van der Waals surface area contributed by atoms with Gasteiger partial charge in [-0.3, -0.25) is 4.79 Å². The van der Waals surface area contributed by atoms with E-state index in [0.717, 1.165) is 19.4 Å². The summed E-state index contributed by atoms with van der Waals surface area (Å²) in [5, 5.41) is 2.92. The zero-order chi connectivity index (χ0) is 11.4. The summed E-state index contributed by atoms with van der Waals surface area (Å²) in [5.74, 6) is -0.0303. The molecule has 1 unspecified atom stereocenters. The zero-order valence-corrected chi connectivity index (χ0v) is 9.53. The third kappa shape index (κ3) is 2.61. The van der Waals surface area contributed by atoms with Gasteiger partial charge in [0.2, 0.25) is 0 Å². The zero-order valence-electron chi connectivity index (χ0n) is 9.53. The molecule has 2 rings (SSSR count). The van der Waals surface area contributed by atoms with Crippen LogP contribution in [0.15, 0.2) is 30.3 Å². The first kappa shape index (κ1) is 11.1. The van der Waals surface area contributed by atoms with Gasteiger partial charge in [0.05, 0.1) is 5.60 Å². The number of carbonyl (C=O) groups excluding carboxylic acids is 1. The second-order valence-corrected chi connectivity index (χ2v) is 4.45. The van der Waals surface area contributed by atoms with Crippen molar-refractivity contribution in [1.29, 1.82) is 0 Å². The summed E-state index contributed by atoms with van der Waals surface area (Å²) in [6.07, 6.45) is 2.10. The Morgan fingerprint density at radius 3 is 2.81 bits per heavy atom. The molecule has 1 fully saturated rings.